The first-order valence-corrected chi connectivity index (χ1v) is 3.99. The van der Waals surface area contributed by atoms with Gasteiger partial charge < -0.3 is 15.2 Å². The van der Waals surface area contributed by atoms with Crippen LogP contribution in [0.5, 0.6) is 11.6 Å². The van der Waals surface area contributed by atoms with E-state index in [4.69, 9.17) is 15.2 Å². The Balaban J connectivity index is 3.30. The zero-order valence-corrected chi connectivity index (χ0v) is 8.33. The number of pyridine rings is 1. The SMILES string of the molecule is COc1cc(C(N)=O)c(C)nc1OC. The molecule has 0 aliphatic heterocycles. The molecule has 5 nitrogen and oxygen atoms in total. The number of aryl methyl sites for hydroxylation is 1. The van der Waals surface area contributed by atoms with Crippen LogP contribution in [0.25, 0.3) is 0 Å². The molecule has 2 N–H and O–H groups in total. The summed E-state index contributed by atoms with van der Waals surface area (Å²) in [6, 6.07) is 1.52. The van der Waals surface area contributed by atoms with E-state index in [-0.39, 0.29) is 0 Å². The molecule has 1 aromatic rings. The highest BCUT2D eigenvalue weighted by molar-refractivity contribution is 5.94. The minimum Gasteiger partial charge on any atom is -0.491 e. The molecule has 0 radical (unpaired) electrons. The smallest absolute Gasteiger partial charge is 0.256 e. The molecule has 76 valence electrons. The van der Waals surface area contributed by atoms with Crippen molar-refractivity contribution >= 4 is 5.91 Å². The summed E-state index contributed by atoms with van der Waals surface area (Å²) in [6.45, 7) is 1.68. The first-order valence-electron chi connectivity index (χ1n) is 3.99. The highest BCUT2D eigenvalue weighted by Crippen LogP contribution is 2.26. The van der Waals surface area contributed by atoms with Crippen molar-refractivity contribution in [3.05, 3.63) is 17.3 Å². The summed E-state index contributed by atoms with van der Waals surface area (Å²) in [5.74, 6) is 0.206. The third kappa shape index (κ3) is 1.76. The minimum atomic E-state index is -0.532. The van der Waals surface area contributed by atoms with E-state index in [0.29, 0.717) is 22.9 Å². The Hall–Kier alpha value is -1.78. The predicted octanol–water partition coefficient (Wildman–Crippen LogP) is 0.506. The summed E-state index contributed by atoms with van der Waals surface area (Å²) in [4.78, 5) is 15.0. The average Bonchev–Trinajstić information content (AvgIpc) is 2.16. The van der Waals surface area contributed by atoms with Crippen LogP contribution in [0.2, 0.25) is 0 Å². The third-order valence-electron chi connectivity index (χ3n) is 1.82. The molecule has 0 aromatic carbocycles. The standard InChI is InChI=1S/C9H12N2O3/c1-5-6(8(10)12)4-7(13-2)9(11-5)14-3/h4H,1-3H3,(H2,10,12). The fourth-order valence-corrected chi connectivity index (χ4v) is 1.11. The lowest BCUT2D eigenvalue weighted by molar-refractivity contribution is 0.0999. The zero-order chi connectivity index (χ0) is 10.7. The second kappa shape index (κ2) is 3.95. The molecule has 0 spiro atoms. The van der Waals surface area contributed by atoms with Crippen molar-refractivity contribution in [1.29, 1.82) is 0 Å². The van der Waals surface area contributed by atoms with Crippen LogP contribution in [0, 0.1) is 6.92 Å². The van der Waals surface area contributed by atoms with Gasteiger partial charge >= 0.3 is 0 Å². The molecule has 0 saturated carbocycles. The van der Waals surface area contributed by atoms with Gasteiger partial charge in [-0.25, -0.2) is 4.98 Å². The van der Waals surface area contributed by atoms with Gasteiger partial charge in [-0.2, -0.15) is 0 Å². The van der Waals surface area contributed by atoms with Crippen molar-refractivity contribution in [2.45, 2.75) is 6.92 Å². The molecule has 5 heteroatoms. The van der Waals surface area contributed by atoms with Gasteiger partial charge in [0.2, 0.25) is 0 Å². The summed E-state index contributed by atoms with van der Waals surface area (Å²) in [5.41, 5.74) is 6.01. The lowest BCUT2D eigenvalue weighted by Gasteiger charge is -2.09. The first-order chi connectivity index (χ1) is 6.60. The quantitative estimate of drug-likeness (QED) is 0.764. The van der Waals surface area contributed by atoms with Gasteiger partial charge in [-0.3, -0.25) is 4.79 Å². The third-order valence-corrected chi connectivity index (χ3v) is 1.82. The molecule has 1 rings (SSSR count). The Bertz CT molecular complexity index is 363. The second-order valence-corrected chi connectivity index (χ2v) is 2.70. The summed E-state index contributed by atoms with van der Waals surface area (Å²) < 4.78 is 9.95. The molecule has 0 saturated heterocycles. The maximum atomic E-state index is 11.0. The predicted molar refractivity (Wildman–Crippen MR) is 50.6 cm³/mol. The highest BCUT2D eigenvalue weighted by atomic mass is 16.5. The molecular weight excluding hydrogens is 184 g/mol. The van der Waals surface area contributed by atoms with E-state index in [1.807, 2.05) is 0 Å². The highest BCUT2D eigenvalue weighted by Gasteiger charge is 2.13. The van der Waals surface area contributed by atoms with Crippen LogP contribution < -0.4 is 15.2 Å². The van der Waals surface area contributed by atoms with Crippen molar-refractivity contribution in [3.8, 4) is 11.6 Å². The topological polar surface area (TPSA) is 74.4 Å². The van der Waals surface area contributed by atoms with Gasteiger partial charge in [-0.1, -0.05) is 0 Å². The number of hydrogen-bond donors (Lipinski definition) is 1. The number of nitrogens with two attached hydrogens (primary N) is 1. The molecule has 0 unspecified atom stereocenters. The Morgan fingerprint density at radius 3 is 2.50 bits per heavy atom. The number of rotatable bonds is 3. The van der Waals surface area contributed by atoms with Gasteiger partial charge in [-0.05, 0) is 6.92 Å². The normalized spacial score (nSPS) is 9.64. The van der Waals surface area contributed by atoms with Crippen LogP contribution >= 0.6 is 0 Å². The maximum Gasteiger partial charge on any atom is 0.256 e. The first kappa shape index (κ1) is 10.3. The van der Waals surface area contributed by atoms with Gasteiger partial charge in [0.05, 0.1) is 25.5 Å². The van der Waals surface area contributed by atoms with Gasteiger partial charge in [0.15, 0.2) is 5.75 Å². The molecule has 0 bridgehead atoms. The fraction of sp³-hybridized carbons (Fsp3) is 0.333. The molecule has 1 amide bonds. The van der Waals surface area contributed by atoms with Crippen LogP contribution in [0.1, 0.15) is 16.1 Å². The lowest BCUT2D eigenvalue weighted by atomic mass is 10.2. The molecular formula is C9H12N2O3. The van der Waals surface area contributed by atoms with E-state index in [2.05, 4.69) is 4.98 Å². The number of ether oxygens (including phenoxy) is 2. The summed E-state index contributed by atoms with van der Waals surface area (Å²) in [6.07, 6.45) is 0. The van der Waals surface area contributed by atoms with E-state index < -0.39 is 5.91 Å². The van der Waals surface area contributed by atoms with E-state index in [1.54, 1.807) is 6.92 Å². The monoisotopic (exact) mass is 196 g/mol. The largest absolute Gasteiger partial charge is 0.491 e. The summed E-state index contributed by atoms with van der Waals surface area (Å²) in [5, 5.41) is 0. The van der Waals surface area contributed by atoms with Crippen LogP contribution in [0.15, 0.2) is 6.07 Å². The van der Waals surface area contributed by atoms with E-state index >= 15 is 0 Å². The van der Waals surface area contributed by atoms with Gasteiger partial charge in [-0.15, -0.1) is 0 Å². The van der Waals surface area contributed by atoms with E-state index in [0.717, 1.165) is 0 Å². The Morgan fingerprint density at radius 1 is 1.43 bits per heavy atom. The van der Waals surface area contributed by atoms with Crippen LogP contribution in [-0.4, -0.2) is 25.1 Å². The number of hydrogen-bond acceptors (Lipinski definition) is 4. The Labute approximate surface area is 81.8 Å². The molecule has 1 heterocycles. The Kier molecular flexibility index (Phi) is 2.91. The number of carbonyl (C=O) groups is 1. The van der Waals surface area contributed by atoms with E-state index in [9.17, 15) is 4.79 Å². The Morgan fingerprint density at radius 2 is 2.07 bits per heavy atom. The summed E-state index contributed by atoms with van der Waals surface area (Å²) in [7, 11) is 2.95. The van der Waals surface area contributed by atoms with Crippen molar-refractivity contribution < 1.29 is 14.3 Å². The van der Waals surface area contributed by atoms with Gasteiger partial charge in [0, 0.05) is 6.07 Å². The number of aromatic nitrogens is 1. The average molecular weight is 196 g/mol. The number of nitrogens with zero attached hydrogens (tertiary/aromatic N) is 1. The number of primary amides is 1. The lowest BCUT2D eigenvalue weighted by Crippen LogP contribution is -2.14. The van der Waals surface area contributed by atoms with Crippen LogP contribution in [0.3, 0.4) is 0 Å². The molecule has 1 aromatic heterocycles. The number of methoxy groups -OCH3 is 2. The van der Waals surface area contributed by atoms with Crippen molar-refractivity contribution in [1.82, 2.24) is 4.98 Å². The number of carbonyl (C=O) groups excluding carboxylic acids is 1. The number of amides is 1. The van der Waals surface area contributed by atoms with Gasteiger partial charge in [0.1, 0.15) is 0 Å². The maximum absolute atomic E-state index is 11.0. The molecule has 0 fully saturated rings. The van der Waals surface area contributed by atoms with Crippen LogP contribution in [-0.2, 0) is 0 Å². The van der Waals surface area contributed by atoms with Crippen molar-refractivity contribution in [2.24, 2.45) is 5.73 Å². The van der Waals surface area contributed by atoms with Crippen molar-refractivity contribution in [2.75, 3.05) is 14.2 Å². The van der Waals surface area contributed by atoms with E-state index in [1.165, 1.54) is 20.3 Å². The molecule has 0 aliphatic rings. The minimum absolute atomic E-state index is 0.336. The molecule has 0 aliphatic carbocycles. The van der Waals surface area contributed by atoms with Crippen LogP contribution in [0.4, 0.5) is 0 Å². The molecule has 14 heavy (non-hydrogen) atoms. The second-order valence-electron chi connectivity index (χ2n) is 2.70. The van der Waals surface area contributed by atoms with Crippen molar-refractivity contribution in [3.63, 3.8) is 0 Å². The molecule has 0 atom stereocenters. The van der Waals surface area contributed by atoms with Gasteiger partial charge in [0.25, 0.3) is 11.8 Å². The fourth-order valence-electron chi connectivity index (χ4n) is 1.11. The zero-order valence-electron chi connectivity index (χ0n) is 8.33. The summed E-state index contributed by atoms with van der Waals surface area (Å²) >= 11 is 0.